The summed E-state index contributed by atoms with van der Waals surface area (Å²) >= 11 is 5.79. The topological polar surface area (TPSA) is 96.9 Å². The number of nitrogens with zero attached hydrogens (tertiary/aromatic N) is 1. The Hall–Kier alpha value is -4.49. The molecule has 0 aliphatic rings. The smallest absolute Gasteiger partial charge is 0.344 e. The van der Waals surface area contributed by atoms with Crippen molar-refractivity contribution < 1.29 is 19.1 Å². The highest BCUT2D eigenvalue weighted by molar-refractivity contribution is 6.39. The van der Waals surface area contributed by atoms with Crippen molar-refractivity contribution in [2.45, 2.75) is 0 Å². The lowest BCUT2D eigenvalue weighted by Gasteiger charge is -2.07. The average Bonchev–Trinajstić information content (AvgIpc) is 2.86. The fourth-order valence-electron chi connectivity index (χ4n) is 3.12. The Morgan fingerprint density at radius 1 is 0.794 bits per heavy atom. The molecule has 8 heteroatoms. The second-order valence-electron chi connectivity index (χ2n) is 7.15. The van der Waals surface area contributed by atoms with Gasteiger partial charge in [0.15, 0.2) is 0 Å². The molecule has 7 nitrogen and oxygen atoms in total. The maximum Gasteiger partial charge on any atom is 0.344 e. The predicted octanol–water partition coefficient (Wildman–Crippen LogP) is 4.80. The Kier molecular flexibility index (Phi) is 6.95. The van der Waals surface area contributed by atoms with Crippen LogP contribution in [0.15, 0.2) is 96.1 Å². The van der Waals surface area contributed by atoms with Gasteiger partial charge in [-0.05, 0) is 70.9 Å². The number of rotatable bonds is 5. The standard InChI is InChI=1S/C26H18ClN3O4/c27-19-10-12-20(13-11-19)29-24(31)25(32)30-28-16-17-8-14-21(15-9-17)34-26(33)23-7-3-5-18-4-1-2-6-22(18)23/h1-16H,(H,29,31)(H,30,32)/b28-16-. The largest absolute Gasteiger partial charge is 0.423 e. The van der Waals surface area contributed by atoms with Crippen molar-refractivity contribution in [3.05, 3.63) is 107 Å². The Labute approximate surface area is 200 Å². The summed E-state index contributed by atoms with van der Waals surface area (Å²) in [6.07, 6.45) is 1.36. The molecule has 4 aromatic rings. The van der Waals surface area contributed by atoms with Crippen LogP contribution in [0.3, 0.4) is 0 Å². The number of hydrogen-bond acceptors (Lipinski definition) is 5. The van der Waals surface area contributed by atoms with E-state index in [0.29, 0.717) is 27.6 Å². The minimum atomic E-state index is -0.924. The minimum Gasteiger partial charge on any atom is -0.423 e. The molecule has 0 aliphatic carbocycles. The molecule has 0 bridgehead atoms. The second kappa shape index (κ2) is 10.4. The van der Waals surface area contributed by atoms with Crippen molar-refractivity contribution in [3.63, 3.8) is 0 Å². The van der Waals surface area contributed by atoms with Crippen LogP contribution in [0.25, 0.3) is 10.8 Å². The maximum atomic E-state index is 12.6. The molecule has 0 radical (unpaired) electrons. The molecule has 168 valence electrons. The summed E-state index contributed by atoms with van der Waals surface area (Å²) in [5.74, 6) is -1.89. The summed E-state index contributed by atoms with van der Waals surface area (Å²) in [5.41, 5.74) is 3.69. The van der Waals surface area contributed by atoms with Crippen LogP contribution in [-0.4, -0.2) is 24.0 Å². The molecule has 0 spiro atoms. The zero-order valence-corrected chi connectivity index (χ0v) is 18.5. The molecule has 0 aliphatic heterocycles. The lowest BCUT2D eigenvalue weighted by molar-refractivity contribution is -0.136. The summed E-state index contributed by atoms with van der Waals surface area (Å²) in [4.78, 5) is 36.4. The summed E-state index contributed by atoms with van der Waals surface area (Å²) < 4.78 is 5.49. The van der Waals surface area contributed by atoms with Crippen molar-refractivity contribution in [2.24, 2.45) is 5.10 Å². The molecular weight excluding hydrogens is 454 g/mol. The van der Waals surface area contributed by atoms with Crippen LogP contribution in [0.2, 0.25) is 5.02 Å². The molecule has 0 atom stereocenters. The summed E-state index contributed by atoms with van der Waals surface area (Å²) in [6, 6.07) is 25.9. The van der Waals surface area contributed by atoms with Gasteiger partial charge in [0.25, 0.3) is 0 Å². The average molecular weight is 472 g/mol. The number of esters is 1. The third kappa shape index (κ3) is 5.65. The van der Waals surface area contributed by atoms with Gasteiger partial charge in [-0.15, -0.1) is 0 Å². The second-order valence-corrected chi connectivity index (χ2v) is 7.58. The third-order valence-corrected chi connectivity index (χ3v) is 5.04. The number of fused-ring (bicyclic) bond motifs is 1. The lowest BCUT2D eigenvalue weighted by atomic mass is 10.0. The monoisotopic (exact) mass is 471 g/mol. The van der Waals surface area contributed by atoms with Crippen LogP contribution in [0.5, 0.6) is 5.75 Å². The summed E-state index contributed by atoms with van der Waals surface area (Å²) in [5, 5.41) is 8.49. The number of amides is 2. The predicted molar refractivity (Wildman–Crippen MR) is 131 cm³/mol. The quantitative estimate of drug-likeness (QED) is 0.144. The zero-order valence-electron chi connectivity index (χ0n) is 17.7. The number of ether oxygens (including phenoxy) is 1. The molecule has 34 heavy (non-hydrogen) atoms. The van der Waals surface area contributed by atoms with Crippen LogP contribution >= 0.6 is 11.6 Å². The maximum absolute atomic E-state index is 12.6. The minimum absolute atomic E-state index is 0.362. The fraction of sp³-hybridized carbons (Fsp3) is 0. The van der Waals surface area contributed by atoms with E-state index < -0.39 is 17.8 Å². The van der Waals surface area contributed by atoms with Gasteiger partial charge in [0.2, 0.25) is 0 Å². The van der Waals surface area contributed by atoms with Gasteiger partial charge >= 0.3 is 17.8 Å². The van der Waals surface area contributed by atoms with E-state index in [4.69, 9.17) is 16.3 Å². The first-order valence-electron chi connectivity index (χ1n) is 10.2. The van der Waals surface area contributed by atoms with Gasteiger partial charge in [-0.1, -0.05) is 48.0 Å². The Bertz CT molecular complexity index is 1380. The summed E-state index contributed by atoms with van der Waals surface area (Å²) in [6.45, 7) is 0. The molecule has 4 aromatic carbocycles. The van der Waals surface area contributed by atoms with Crippen LogP contribution in [0, 0.1) is 0 Å². The number of carbonyl (C=O) groups is 3. The van der Waals surface area contributed by atoms with Gasteiger partial charge in [0.1, 0.15) is 5.75 Å². The molecular formula is C26H18ClN3O4. The van der Waals surface area contributed by atoms with Crippen molar-refractivity contribution in [1.82, 2.24) is 5.43 Å². The van der Waals surface area contributed by atoms with E-state index in [2.05, 4.69) is 15.8 Å². The Morgan fingerprint density at radius 3 is 2.26 bits per heavy atom. The number of hydrogen-bond donors (Lipinski definition) is 2. The van der Waals surface area contributed by atoms with E-state index in [9.17, 15) is 14.4 Å². The van der Waals surface area contributed by atoms with Crippen molar-refractivity contribution >= 4 is 52.1 Å². The fourth-order valence-corrected chi connectivity index (χ4v) is 3.25. The van der Waals surface area contributed by atoms with Gasteiger partial charge < -0.3 is 10.1 Å². The Morgan fingerprint density at radius 2 is 1.50 bits per heavy atom. The number of benzene rings is 4. The molecule has 0 saturated carbocycles. The molecule has 0 heterocycles. The first kappa shape index (κ1) is 22.7. The Balaban J connectivity index is 1.32. The normalized spacial score (nSPS) is 10.7. The van der Waals surface area contributed by atoms with Crippen molar-refractivity contribution in [1.29, 1.82) is 0 Å². The highest BCUT2D eigenvalue weighted by Gasteiger charge is 2.13. The van der Waals surface area contributed by atoms with Gasteiger partial charge in [-0.3, -0.25) is 9.59 Å². The van der Waals surface area contributed by atoms with Crippen molar-refractivity contribution in [2.75, 3.05) is 5.32 Å². The molecule has 0 fully saturated rings. The van der Waals surface area contributed by atoms with Crippen LogP contribution in [0.1, 0.15) is 15.9 Å². The van der Waals surface area contributed by atoms with Crippen LogP contribution < -0.4 is 15.5 Å². The number of hydrazone groups is 1. The number of halogens is 1. The van der Waals surface area contributed by atoms with Gasteiger partial charge in [0.05, 0.1) is 11.8 Å². The van der Waals surface area contributed by atoms with Gasteiger partial charge in [-0.2, -0.15) is 5.10 Å². The van der Waals surface area contributed by atoms with E-state index in [1.807, 2.05) is 36.4 Å². The molecule has 0 unspecified atom stereocenters. The molecule has 0 aromatic heterocycles. The number of nitrogens with one attached hydrogen (secondary N) is 2. The highest BCUT2D eigenvalue weighted by Crippen LogP contribution is 2.21. The number of carbonyl (C=O) groups excluding carboxylic acids is 3. The van der Waals surface area contributed by atoms with E-state index in [1.165, 1.54) is 6.21 Å². The molecule has 2 N–H and O–H groups in total. The molecule has 2 amide bonds. The van der Waals surface area contributed by atoms with Gasteiger partial charge in [0, 0.05) is 10.7 Å². The van der Waals surface area contributed by atoms with E-state index in [1.54, 1.807) is 54.6 Å². The summed E-state index contributed by atoms with van der Waals surface area (Å²) in [7, 11) is 0. The van der Waals surface area contributed by atoms with Crippen LogP contribution in [0.4, 0.5) is 5.69 Å². The first-order chi connectivity index (χ1) is 16.5. The van der Waals surface area contributed by atoms with Crippen LogP contribution in [-0.2, 0) is 9.59 Å². The van der Waals surface area contributed by atoms with E-state index >= 15 is 0 Å². The van der Waals surface area contributed by atoms with E-state index in [0.717, 1.165) is 10.8 Å². The highest BCUT2D eigenvalue weighted by atomic mass is 35.5. The zero-order chi connectivity index (χ0) is 23.9. The lowest BCUT2D eigenvalue weighted by Crippen LogP contribution is -2.32. The first-order valence-corrected chi connectivity index (χ1v) is 10.6. The van der Waals surface area contributed by atoms with Crippen molar-refractivity contribution in [3.8, 4) is 5.75 Å². The number of anilines is 1. The van der Waals surface area contributed by atoms with E-state index in [-0.39, 0.29) is 0 Å². The van der Waals surface area contributed by atoms with Gasteiger partial charge in [-0.25, -0.2) is 10.2 Å². The molecule has 4 rings (SSSR count). The third-order valence-electron chi connectivity index (χ3n) is 4.79. The SMILES string of the molecule is O=C(N/N=C\c1ccc(OC(=O)c2cccc3ccccc23)cc1)C(=O)Nc1ccc(Cl)cc1. The molecule has 0 saturated heterocycles.